The van der Waals surface area contributed by atoms with Gasteiger partial charge in [-0.2, -0.15) is 0 Å². The monoisotopic (exact) mass is 413 g/mol. The van der Waals surface area contributed by atoms with E-state index in [0.29, 0.717) is 43.1 Å². The molecule has 4 rings (SSSR count). The van der Waals surface area contributed by atoms with Crippen molar-refractivity contribution in [3.05, 3.63) is 53.6 Å². The van der Waals surface area contributed by atoms with E-state index in [9.17, 15) is 9.59 Å². The van der Waals surface area contributed by atoms with E-state index >= 15 is 0 Å². The first-order valence-corrected chi connectivity index (χ1v) is 10.9. The number of amides is 2. The minimum Gasteiger partial charge on any atom is -0.378 e. The number of rotatable bonds is 4. The summed E-state index contributed by atoms with van der Waals surface area (Å²) in [4.78, 5) is 32.0. The van der Waals surface area contributed by atoms with Crippen molar-refractivity contribution in [3.63, 3.8) is 0 Å². The third-order valence-electron chi connectivity index (χ3n) is 4.50. The fraction of sp³-hybridized carbons (Fsp3) is 0.250. The summed E-state index contributed by atoms with van der Waals surface area (Å²) < 4.78 is 7.31. The summed E-state index contributed by atoms with van der Waals surface area (Å²) in [5.74, 6) is -0.442. The van der Waals surface area contributed by atoms with E-state index in [1.165, 1.54) is 0 Å². The smallest absolute Gasteiger partial charge is 0.256 e. The number of ether oxygens (including phenoxy) is 1. The van der Waals surface area contributed by atoms with Crippen LogP contribution >= 0.6 is 23.1 Å². The molecule has 1 saturated heterocycles. The second kappa shape index (κ2) is 8.30. The first-order valence-electron chi connectivity index (χ1n) is 8.87. The van der Waals surface area contributed by atoms with Crippen molar-refractivity contribution < 1.29 is 14.3 Å². The summed E-state index contributed by atoms with van der Waals surface area (Å²) in [6, 6.07) is 12.6. The molecule has 6 nitrogen and oxygen atoms in total. The number of hydrogen-bond acceptors (Lipinski definition) is 6. The van der Waals surface area contributed by atoms with Gasteiger partial charge in [0.05, 0.1) is 34.6 Å². The average molecular weight is 414 g/mol. The summed E-state index contributed by atoms with van der Waals surface area (Å²) in [5, 5.41) is 2.91. The minimum atomic E-state index is -0.300. The van der Waals surface area contributed by atoms with Crippen LogP contribution in [0.3, 0.4) is 0 Å². The number of aromatic nitrogens is 1. The largest absolute Gasteiger partial charge is 0.378 e. The molecule has 0 atom stereocenters. The maximum Gasteiger partial charge on any atom is 0.256 e. The second-order valence-corrected chi connectivity index (χ2v) is 8.35. The Hall–Kier alpha value is -2.42. The summed E-state index contributed by atoms with van der Waals surface area (Å²) >= 11 is 3.19. The summed E-state index contributed by atoms with van der Waals surface area (Å²) in [7, 11) is 0. The van der Waals surface area contributed by atoms with Crippen LogP contribution in [0.2, 0.25) is 0 Å². The van der Waals surface area contributed by atoms with E-state index in [0.717, 1.165) is 14.6 Å². The van der Waals surface area contributed by atoms with Crippen LogP contribution in [0.5, 0.6) is 0 Å². The highest BCUT2D eigenvalue weighted by molar-refractivity contribution is 8.00. The number of benzene rings is 2. The van der Waals surface area contributed by atoms with E-state index in [1.54, 1.807) is 52.3 Å². The van der Waals surface area contributed by atoms with Gasteiger partial charge in [0, 0.05) is 18.8 Å². The number of carbonyl (C=O) groups excluding carboxylic acids is 2. The summed E-state index contributed by atoms with van der Waals surface area (Å²) in [6.45, 7) is 2.11. The lowest BCUT2D eigenvalue weighted by atomic mass is 10.0. The van der Waals surface area contributed by atoms with Crippen LogP contribution in [-0.2, 0) is 4.74 Å². The fourth-order valence-corrected chi connectivity index (χ4v) is 4.60. The molecule has 0 spiro atoms. The molecule has 8 heteroatoms. The number of thiazole rings is 1. The Kier molecular flexibility index (Phi) is 5.61. The summed E-state index contributed by atoms with van der Waals surface area (Å²) in [5.41, 5.74) is 2.37. The highest BCUT2D eigenvalue weighted by atomic mass is 32.2. The Bertz CT molecular complexity index is 1030. The van der Waals surface area contributed by atoms with Crippen molar-refractivity contribution in [2.24, 2.45) is 0 Å². The van der Waals surface area contributed by atoms with E-state index < -0.39 is 0 Å². The van der Waals surface area contributed by atoms with E-state index in [1.807, 2.05) is 24.5 Å². The Morgan fingerprint density at radius 3 is 2.64 bits per heavy atom. The molecule has 2 amide bonds. The van der Waals surface area contributed by atoms with E-state index in [2.05, 4.69) is 10.3 Å². The molecule has 0 aliphatic carbocycles. The van der Waals surface area contributed by atoms with Gasteiger partial charge in [0.1, 0.15) is 0 Å². The van der Waals surface area contributed by atoms with E-state index in [4.69, 9.17) is 4.74 Å². The van der Waals surface area contributed by atoms with Crippen molar-refractivity contribution in [2.75, 3.05) is 37.9 Å². The lowest BCUT2D eigenvalue weighted by Gasteiger charge is -2.27. The van der Waals surface area contributed by atoms with Crippen LogP contribution in [0.25, 0.3) is 10.2 Å². The molecule has 3 aromatic rings. The number of carbonyl (C=O) groups is 2. The molecule has 1 aromatic heterocycles. The van der Waals surface area contributed by atoms with Crippen molar-refractivity contribution in [1.29, 1.82) is 0 Å². The van der Waals surface area contributed by atoms with Crippen LogP contribution in [0, 0.1) is 0 Å². The molecule has 1 aliphatic heterocycles. The molecular formula is C20H19N3O3S2. The standard InChI is InChI=1S/C20H19N3O3S2/c1-27-20-22-16-7-6-13(12-17(16)28-20)21-18(24)14-4-2-3-5-15(14)19(25)23-8-10-26-11-9-23/h2-7,12H,8-11H2,1H3,(H,21,24). The van der Waals surface area contributed by atoms with Gasteiger partial charge in [-0.25, -0.2) is 4.98 Å². The second-order valence-electron chi connectivity index (χ2n) is 6.27. The van der Waals surface area contributed by atoms with Gasteiger partial charge in [0.25, 0.3) is 11.8 Å². The maximum atomic E-state index is 12.9. The molecule has 1 fully saturated rings. The predicted molar refractivity (Wildman–Crippen MR) is 113 cm³/mol. The number of thioether (sulfide) groups is 1. The van der Waals surface area contributed by atoms with Gasteiger partial charge in [-0.05, 0) is 36.6 Å². The highest BCUT2D eigenvalue weighted by Gasteiger charge is 2.23. The van der Waals surface area contributed by atoms with Crippen LogP contribution in [-0.4, -0.2) is 54.3 Å². The predicted octanol–water partition coefficient (Wildman–Crippen LogP) is 3.74. The number of nitrogens with zero attached hydrogens (tertiary/aromatic N) is 2. The number of fused-ring (bicyclic) bond motifs is 1. The molecule has 2 aromatic carbocycles. The van der Waals surface area contributed by atoms with Crippen molar-refractivity contribution in [1.82, 2.24) is 9.88 Å². The molecule has 1 N–H and O–H groups in total. The molecule has 28 heavy (non-hydrogen) atoms. The van der Waals surface area contributed by atoms with E-state index in [-0.39, 0.29) is 11.8 Å². The zero-order chi connectivity index (χ0) is 19.5. The Morgan fingerprint density at radius 2 is 1.89 bits per heavy atom. The number of morpholine rings is 1. The summed E-state index contributed by atoms with van der Waals surface area (Å²) in [6.07, 6.45) is 1.99. The highest BCUT2D eigenvalue weighted by Crippen LogP contribution is 2.30. The minimum absolute atomic E-state index is 0.142. The molecule has 0 radical (unpaired) electrons. The first kappa shape index (κ1) is 18.9. The maximum absolute atomic E-state index is 12.9. The molecular weight excluding hydrogens is 394 g/mol. The van der Waals surface area contributed by atoms with Gasteiger partial charge in [-0.3, -0.25) is 9.59 Å². The van der Waals surface area contributed by atoms with Crippen molar-refractivity contribution in [2.45, 2.75) is 4.34 Å². The molecule has 0 bridgehead atoms. The first-order chi connectivity index (χ1) is 13.7. The van der Waals surface area contributed by atoms with Crippen molar-refractivity contribution >= 4 is 50.8 Å². The Labute approximate surface area is 170 Å². The van der Waals surface area contributed by atoms with Gasteiger partial charge in [0.15, 0.2) is 4.34 Å². The topological polar surface area (TPSA) is 71.5 Å². The van der Waals surface area contributed by atoms with Crippen LogP contribution in [0.1, 0.15) is 20.7 Å². The van der Waals surface area contributed by atoms with Gasteiger partial charge >= 0.3 is 0 Å². The molecule has 1 aliphatic rings. The van der Waals surface area contributed by atoms with Crippen LogP contribution in [0.15, 0.2) is 46.8 Å². The third-order valence-corrected chi connectivity index (χ3v) is 6.51. The molecule has 0 unspecified atom stereocenters. The number of anilines is 1. The SMILES string of the molecule is CSc1nc2ccc(NC(=O)c3ccccc3C(=O)N3CCOCC3)cc2s1. The van der Waals surface area contributed by atoms with Gasteiger partial charge in [-0.1, -0.05) is 23.9 Å². The number of hydrogen-bond donors (Lipinski definition) is 1. The fourth-order valence-electron chi connectivity index (χ4n) is 3.07. The lowest BCUT2D eigenvalue weighted by Crippen LogP contribution is -2.41. The van der Waals surface area contributed by atoms with Crippen molar-refractivity contribution in [3.8, 4) is 0 Å². The normalized spacial score (nSPS) is 14.2. The Morgan fingerprint density at radius 1 is 1.14 bits per heavy atom. The molecule has 0 saturated carbocycles. The zero-order valence-electron chi connectivity index (χ0n) is 15.3. The zero-order valence-corrected chi connectivity index (χ0v) is 16.9. The molecule has 2 heterocycles. The molecule has 144 valence electrons. The van der Waals surface area contributed by atoms with Gasteiger partial charge in [0.2, 0.25) is 0 Å². The van der Waals surface area contributed by atoms with Gasteiger partial charge < -0.3 is 15.0 Å². The average Bonchev–Trinajstić information content (AvgIpc) is 3.16. The Balaban J connectivity index is 1.57. The van der Waals surface area contributed by atoms with Crippen LogP contribution in [0.4, 0.5) is 5.69 Å². The number of nitrogens with one attached hydrogen (secondary N) is 1. The van der Waals surface area contributed by atoms with Crippen LogP contribution < -0.4 is 5.32 Å². The quantitative estimate of drug-likeness (QED) is 0.660. The lowest BCUT2D eigenvalue weighted by molar-refractivity contribution is 0.0302. The third kappa shape index (κ3) is 3.89. The van der Waals surface area contributed by atoms with Gasteiger partial charge in [-0.15, -0.1) is 11.3 Å².